The lowest BCUT2D eigenvalue weighted by atomic mass is 10.1. The molecule has 2 rings (SSSR count). The highest BCUT2D eigenvalue weighted by Crippen LogP contribution is 2.24. The normalized spacial score (nSPS) is 10.9. The smallest absolute Gasteiger partial charge is 0.256 e. The summed E-state index contributed by atoms with van der Waals surface area (Å²) in [6.45, 7) is 6.25. The van der Waals surface area contributed by atoms with Gasteiger partial charge in [0.25, 0.3) is 5.56 Å². The molecule has 0 fully saturated rings. The zero-order chi connectivity index (χ0) is 15.4. The molecule has 21 heavy (non-hydrogen) atoms. The molecule has 0 saturated heterocycles. The van der Waals surface area contributed by atoms with E-state index < -0.39 is 0 Å². The molecule has 0 bridgehead atoms. The summed E-state index contributed by atoms with van der Waals surface area (Å²) in [7, 11) is 0. The Morgan fingerprint density at radius 2 is 1.81 bits per heavy atom. The van der Waals surface area contributed by atoms with Gasteiger partial charge >= 0.3 is 0 Å². The third-order valence-corrected chi connectivity index (χ3v) is 3.34. The van der Waals surface area contributed by atoms with Crippen molar-refractivity contribution in [2.24, 2.45) is 0 Å². The first-order chi connectivity index (χ1) is 10.1. The number of aliphatic hydroxyl groups is 1. The van der Waals surface area contributed by atoms with Gasteiger partial charge in [0.15, 0.2) is 0 Å². The van der Waals surface area contributed by atoms with Gasteiger partial charge in [-0.15, -0.1) is 0 Å². The molecule has 1 N–H and O–H groups in total. The first-order valence-corrected chi connectivity index (χ1v) is 7.17. The van der Waals surface area contributed by atoms with Crippen molar-refractivity contribution in [3.05, 3.63) is 52.3 Å². The third-order valence-electron chi connectivity index (χ3n) is 3.34. The second kappa shape index (κ2) is 6.59. The average Bonchev–Trinajstić information content (AvgIpc) is 2.47. The van der Waals surface area contributed by atoms with Crippen LogP contribution in [0.2, 0.25) is 0 Å². The summed E-state index contributed by atoms with van der Waals surface area (Å²) in [6.07, 6.45) is 0. The fourth-order valence-electron chi connectivity index (χ4n) is 2.35. The summed E-state index contributed by atoms with van der Waals surface area (Å²) >= 11 is 0. The molecule has 0 spiro atoms. The summed E-state index contributed by atoms with van der Waals surface area (Å²) in [5.74, 6) is 0.812. The van der Waals surface area contributed by atoms with Crippen LogP contribution in [0.15, 0.2) is 41.2 Å². The van der Waals surface area contributed by atoms with Crippen LogP contribution in [0.4, 0.5) is 0 Å². The number of hydrogen-bond donors (Lipinski definition) is 1. The quantitative estimate of drug-likeness (QED) is 0.919. The minimum atomic E-state index is -0.241. The van der Waals surface area contributed by atoms with Crippen LogP contribution in [0.1, 0.15) is 32.4 Å². The van der Waals surface area contributed by atoms with E-state index in [1.807, 2.05) is 51.1 Å². The van der Waals surface area contributed by atoms with Gasteiger partial charge < -0.3 is 14.4 Å². The minimum absolute atomic E-state index is 0.0190. The molecule has 112 valence electrons. The minimum Gasteiger partial charge on any atom is -0.494 e. The van der Waals surface area contributed by atoms with Crippen molar-refractivity contribution >= 4 is 0 Å². The Hall–Kier alpha value is -2.07. The summed E-state index contributed by atoms with van der Waals surface area (Å²) in [6, 6.07) is 11.3. The molecule has 0 aliphatic rings. The van der Waals surface area contributed by atoms with E-state index >= 15 is 0 Å². The van der Waals surface area contributed by atoms with Crippen LogP contribution in [0, 0.1) is 0 Å². The number of benzene rings is 1. The van der Waals surface area contributed by atoms with E-state index in [0.29, 0.717) is 12.2 Å². The van der Waals surface area contributed by atoms with Crippen molar-refractivity contribution in [3.8, 4) is 17.0 Å². The lowest BCUT2D eigenvalue weighted by molar-refractivity contribution is 0.279. The number of hydrogen-bond acceptors (Lipinski definition) is 3. The van der Waals surface area contributed by atoms with Gasteiger partial charge in [-0.05, 0) is 62.7 Å². The van der Waals surface area contributed by atoms with Crippen molar-refractivity contribution in [3.63, 3.8) is 0 Å². The highest BCUT2D eigenvalue weighted by molar-refractivity contribution is 5.61. The fourth-order valence-corrected chi connectivity index (χ4v) is 2.35. The van der Waals surface area contributed by atoms with Gasteiger partial charge in [0.2, 0.25) is 0 Å². The molecular weight excluding hydrogens is 266 g/mol. The van der Waals surface area contributed by atoms with Gasteiger partial charge in [-0.25, -0.2) is 0 Å². The van der Waals surface area contributed by atoms with E-state index in [1.165, 1.54) is 0 Å². The van der Waals surface area contributed by atoms with Crippen molar-refractivity contribution in [1.82, 2.24) is 4.57 Å². The number of rotatable bonds is 5. The molecule has 0 aliphatic heterocycles. The highest BCUT2D eigenvalue weighted by Gasteiger charge is 2.12. The first-order valence-electron chi connectivity index (χ1n) is 7.17. The van der Waals surface area contributed by atoms with Gasteiger partial charge in [0.1, 0.15) is 5.75 Å². The fraction of sp³-hybridized carbons (Fsp3) is 0.353. The third kappa shape index (κ3) is 3.16. The lowest BCUT2D eigenvalue weighted by Gasteiger charge is -2.18. The summed E-state index contributed by atoms with van der Waals surface area (Å²) in [5.41, 5.74) is 2.07. The molecule has 0 saturated carbocycles. The Kier molecular flexibility index (Phi) is 4.81. The predicted octanol–water partition coefficient (Wildman–Crippen LogP) is 2.99. The van der Waals surface area contributed by atoms with Crippen LogP contribution in [0.3, 0.4) is 0 Å². The molecule has 4 heteroatoms. The number of aliphatic hydroxyl groups excluding tert-OH is 1. The Morgan fingerprint density at radius 3 is 2.33 bits per heavy atom. The molecule has 0 atom stereocenters. The first kappa shape index (κ1) is 15.3. The number of aromatic nitrogens is 1. The zero-order valence-electron chi connectivity index (χ0n) is 12.7. The van der Waals surface area contributed by atoms with Crippen LogP contribution in [0.5, 0.6) is 5.75 Å². The Balaban J connectivity index is 2.53. The number of ether oxygens (including phenoxy) is 1. The summed E-state index contributed by atoms with van der Waals surface area (Å²) in [4.78, 5) is 12.4. The number of nitrogens with zero attached hydrogens (tertiary/aromatic N) is 1. The topological polar surface area (TPSA) is 51.5 Å². The Morgan fingerprint density at radius 1 is 1.14 bits per heavy atom. The largest absolute Gasteiger partial charge is 0.494 e. The Labute approximate surface area is 124 Å². The predicted molar refractivity (Wildman–Crippen MR) is 83.6 cm³/mol. The zero-order valence-corrected chi connectivity index (χ0v) is 12.7. The second-order valence-corrected chi connectivity index (χ2v) is 5.13. The van der Waals surface area contributed by atoms with Gasteiger partial charge in [0, 0.05) is 11.6 Å². The maximum absolute atomic E-state index is 12.4. The second-order valence-electron chi connectivity index (χ2n) is 5.13. The monoisotopic (exact) mass is 287 g/mol. The molecule has 0 aliphatic carbocycles. The lowest BCUT2D eigenvalue weighted by Crippen LogP contribution is -2.26. The number of pyridine rings is 1. The van der Waals surface area contributed by atoms with Crippen LogP contribution < -0.4 is 10.3 Å². The molecule has 1 heterocycles. The van der Waals surface area contributed by atoms with Crippen molar-refractivity contribution < 1.29 is 9.84 Å². The van der Waals surface area contributed by atoms with E-state index in [1.54, 1.807) is 10.6 Å². The van der Waals surface area contributed by atoms with Gasteiger partial charge in [0.05, 0.1) is 18.9 Å². The Bertz CT molecular complexity index is 657. The molecule has 0 amide bonds. The molecule has 2 aromatic rings. The van der Waals surface area contributed by atoms with E-state index in [9.17, 15) is 9.90 Å². The van der Waals surface area contributed by atoms with Gasteiger partial charge in [-0.2, -0.15) is 0 Å². The molecule has 0 unspecified atom stereocenters. The van der Waals surface area contributed by atoms with Crippen LogP contribution >= 0.6 is 0 Å². The van der Waals surface area contributed by atoms with Gasteiger partial charge in [-0.1, -0.05) is 0 Å². The molecule has 4 nitrogen and oxygen atoms in total. The summed E-state index contributed by atoms with van der Waals surface area (Å²) in [5, 5.41) is 9.25. The summed E-state index contributed by atoms with van der Waals surface area (Å²) < 4.78 is 7.14. The maximum Gasteiger partial charge on any atom is 0.256 e. The average molecular weight is 287 g/mol. The SMILES string of the molecule is CCOc1ccc(-c2ccc(CO)c(=O)n2C(C)C)cc1. The molecule has 1 aromatic carbocycles. The van der Waals surface area contributed by atoms with Crippen LogP contribution in [-0.4, -0.2) is 16.3 Å². The molecule has 0 radical (unpaired) electrons. The van der Waals surface area contributed by atoms with Gasteiger partial charge in [-0.3, -0.25) is 4.79 Å². The van der Waals surface area contributed by atoms with E-state index in [-0.39, 0.29) is 18.2 Å². The molecule has 1 aromatic heterocycles. The van der Waals surface area contributed by atoms with Crippen LogP contribution in [0.25, 0.3) is 11.3 Å². The van der Waals surface area contributed by atoms with E-state index in [2.05, 4.69) is 0 Å². The van der Waals surface area contributed by atoms with E-state index in [4.69, 9.17) is 4.74 Å². The van der Waals surface area contributed by atoms with Crippen molar-refractivity contribution in [2.75, 3.05) is 6.61 Å². The van der Waals surface area contributed by atoms with Crippen LogP contribution in [-0.2, 0) is 6.61 Å². The highest BCUT2D eigenvalue weighted by atomic mass is 16.5. The maximum atomic E-state index is 12.4. The van der Waals surface area contributed by atoms with Crippen molar-refractivity contribution in [1.29, 1.82) is 0 Å². The standard InChI is InChI=1S/C17H21NO3/c1-4-21-15-8-5-13(6-9-15)16-10-7-14(11-19)17(20)18(16)12(2)3/h5-10,12,19H,4,11H2,1-3H3. The molecular formula is C17H21NO3. The van der Waals surface area contributed by atoms with E-state index in [0.717, 1.165) is 17.0 Å². The van der Waals surface area contributed by atoms with Crippen molar-refractivity contribution in [2.45, 2.75) is 33.4 Å².